The Morgan fingerprint density at radius 3 is 1.24 bits per heavy atom. The molecule has 0 saturated heterocycles. The lowest BCUT2D eigenvalue weighted by Crippen LogP contribution is -2.25. The summed E-state index contributed by atoms with van der Waals surface area (Å²) in [6.07, 6.45) is -9.48. The number of halogens is 6. The summed E-state index contributed by atoms with van der Waals surface area (Å²) in [4.78, 5) is 0. The lowest BCUT2D eigenvalue weighted by Gasteiger charge is -2.11. The van der Waals surface area contributed by atoms with Crippen molar-refractivity contribution in [2.75, 3.05) is 48.7 Å². The van der Waals surface area contributed by atoms with Crippen molar-refractivity contribution >= 4 is 55.2 Å². The molecule has 0 atom stereocenters. The number of methoxy groups -OCH3 is 2. The third kappa shape index (κ3) is 14.0. The molecule has 10 nitrogen and oxygen atoms in total. The summed E-state index contributed by atoms with van der Waals surface area (Å²) in [6, 6.07) is 9.22. The monoisotopic (exact) mass is 726 g/mol. The first-order valence-electron chi connectivity index (χ1n) is 12.5. The summed E-state index contributed by atoms with van der Waals surface area (Å²) in [6.45, 7) is 0. The van der Waals surface area contributed by atoms with Gasteiger partial charge in [0.25, 0.3) is 0 Å². The highest BCUT2D eigenvalue weighted by atomic mass is 32.2. The van der Waals surface area contributed by atoms with Crippen molar-refractivity contribution in [3.63, 3.8) is 0 Å². The minimum absolute atomic E-state index is 0.0115. The van der Waals surface area contributed by atoms with E-state index in [0.29, 0.717) is 17.9 Å². The third-order valence-electron chi connectivity index (χ3n) is 5.28. The Morgan fingerprint density at radius 1 is 0.622 bits per heavy atom. The van der Waals surface area contributed by atoms with E-state index in [4.69, 9.17) is 9.47 Å². The second-order valence-corrected chi connectivity index (χ2v) is 14.4. The molecule has 20 heteroatoms. The number of alkyl halides is 6. The SMILES string of the molecule is COc1ccc(C(=NOS(=O)(=O)CCSCCCSCCS(=O)(=O)ON=C(c2ccc(OC)cc2)C(F)(F)F)C(F)(F)F)cc1. The molecule has 2 aromatic rings. The van der Waals surface area contributed by atoms with Crippen LogP contribution in [0.25, 0.3) is 0 Å². The van der Waals surface area contributed by atoms with Crippen molar-refractivity contribution in [1.29, 1.82) is 0 Å². The van der Waals surface area contributed by atoms with E-state index in [1.54, 1.807) is 0 Å². The number of hydrogen-bond acceptors (Lipinski definition) is 12. The zero-order valence-electron chi connectivity index (χ0n) is 23.6. The Balaban J connectivity index is 1.74. The number of benzene rings is 2. The van der Waals surface area contributed by atoms with Gasteiger partial charge in [-0.25, -0.2) is 0 Å². The molecule has 252 valence electrons. The van der Waals surface area contributed by atoms with Gasteiger partial charge in [0.1, 0.15) is 11.5 Å². The summed E-state index contributed by atoms with van der Waals surface area (Å²) >= 11 is 2.33. The van der Waals surface area contributed by atoms with E-state index >= 15 is 0 Å². The Morgan fingerprint density at radius 2 is 0.956 bits per heavy atom. The predicted molar refractivity (Wildman–Crippen MR) is 160 cm³/mol. The van der Waals surface area contributed by atoms with Gasteiger partial charge in [0.2, 0.25) is 0 Å². The first-order valence-corrected chi connectivity index (χ1v) is 18.0. The lowest BCUT2D eigenvalue weighted by molar-refractivity contribution is -0.0606. The number of thioether (sulfide) groups is 2. The maximum atomic E-state index is 13.4. The van der Waals surface area contributed by atoms with Gasteiger partial charge in [0.15, 0.2) is 11.4 Å². The predicted octanol–water partition coefficient (Wildman–Crippen LogP) is 5.49. The molecule has 0 N–H and O–H groups in total. The first-order chi connectivity index (χ1) is 21.0. The average Bonchev–Trinajstić information content (AvgIpc) is 2.95. The molecule has 0 heterocycles. The van der Waals surface area contributed by atoms with Gasteiger partial charge in [-0.15, -0.1) is 0 Å². The molecule has 0 aromatic heterocycles. The smallest absolute Gasteiger partial charge is 0.437 e. The van der Waals surface area contributed by atoms with Crippen LogP contribution in [0, 0.1) is 0 Å². The van der Waals surface area contributed by atoms with Gasteiger partial charge in [-0.1, -0.05) is 10.3 Å². The largest absolute Gasteiger partial charge is 0.497 e. The van der Waals surface area contributed by atoms with E-state index in [1.165, 1.54) is 62.0 Å². The first kappa shape index (κ1) is 38.3. The van der Waals surface area contributed by atoms with Gasteiger partial charge in [-0.2, -0.15) is 66.7 Å². The van der Waals surface area contributed by atoms with Crippen LogP contribution in [-0.2, 0) is 28.8 Å². The number of ether oxygens (including phenoxy) is 2. The number of nitrogens with zero attached hydrogens (tertiary/aromatic N) is 2. The van der Waals surface area contributed by atoms with Crippen LogP contribution in [0.4, 0.5) is 26.3 Å². The van der Waals surface area contributed by atoms with Crippen LogP contribution in [0.1, 0.15) is 17.5 Å². The van der Waals surface area contributed by atoms with Crippen molar-refractivity contribution < 1.29 is 61.2 Å². The second-order valence-electron chi connectivity index (χ2n) is 8.58. The van der Waals surface area contributed by atoms with Gasteiger partial charge < -0.3 is 9.47 Å². The lowest BCUT2D eigenvalue weighted by atomic mass is 10.1. The molecule has 0 aliphatic carbocycles. The third-order valence-corrected chi connectivity index (χ3v) is 9.95. The zero-order chi connectivity index (χ0) is 33.7. The summed E-state index contributed by atoms with van der Waals surface area (Å²) in [5.74, 6) is 0.176. The second kappa shape index (κ2) is 17.2. The molecule has 2 aromatic carbocycles. The van der Waals surface area contributed by atoms with Gasteiger partial charge in [-0.3, -0.25) is 8.57 Å². The van der Waals surface area contributed by atoms with Crippen molar-refractivity contribution in [2.24, 2.45) is 10.3 Å². The van der Waals surface area contributed by atoms with E-state index in [1.807, 2.05) is 0 Å². The highest BCUT2D eigenvalue weighted by molar-refractivity contribution is 8.01. The van der Waals surface area contributed by atoms with Crippen molar-refractivity contribution in [3.8, 4) is 11.5 Å². The molecule has 0 spiro atoms. The van der Waals surface area contributed by atoms with Crippen LogP contribution in [0.3, 0.4) is 0 Å². The zero-order valence-corrected chi connectivity index (χ0v) is 26.9. The van der Waals surface area contributed by atoms with Crippen molar-refractivity contribution in [1.82, 2.24) is 0 Å². The minimum Gasteiger partial charge on any atom is -0.497 e. The summed E-state index contributed by atoms with van der Waals surface area (Å²) in [7, 11) is -6.19. The molecule has 0 bridgehead atoms. The average molecular weight is 727 g/mol. The van der Waals surface area contributed by atoms with Gasteiger partial charge in [0.05, 0.1) is 25.7 Å². The van der Waals surface area contributed by atoms with Crippen molar-refractivity contribution in [2.45, 2.75) is 18.8 Å². The molecular weight excluding hydrogens is 699 g/mol. The number of hydrogen-bond donors (Lipinski definition) is 0. The van der Waals surface area contributed by atoms with Crippen LogP contribution in [0.15, 0.2) is 58.8 Å². The molecule has 0 saturated carbocycles. The molecule has 0 aliphatic rings. The summed E-state index contributed by atoms with van der Waals surface area (Å²) in [5, 5.41) is 5.68. The molecule has 2 rings (SSSR count). The Labute approximate surface area is 264 Å². The molecule has 0 amide bonds. The number of rotatable bonds is 18. The fourth-order valence-electron chi connectivity index (χ4n) is 3.09. The molecule has 0 aliphatic heterocycles. The van der Waals surface area contributed by atoms with E-state index in [2.05, 4.69) is 18.9 Å². The Kier molecular flexibility index (Phi) is 14.6. The molecule has 0 fully saturated rings. The Bertz CT molecular complexity index is 1380. The molecular formula is C25H28F6N2O8S4. The standard InChI is InChI=1S/C25H28F6N2O8S4/c1-38-20-8-4-18(5-9-20)22(24(26,27)28)32-40-44(34,35)16-14-42-12-3-13-43-15-17-45(36,37)41-33-23(25(29,30)31)19-6-10-21(39-2)11-7-19/h4-11H,3,12-17H2,1-2H3. The van der Waals surface area contributed by atoms with Gasteiger partial charge >= 0.3 is 32.6 Å². The normalized spacial score (nSPS) is 13.4. The van der Waals surface area contributed by atoms with E-state index in [9.17, 15) is 43.2 Å². The highest BCUT2D eigenvalue weighted by Gasteiger charge is 2.39. The van der Waals surface area contributed by atoms with Crippen LogP contribution < -0.4 is 9.47 Å². The molecule has 45 heavy (non-hydrogen) atoms. The summed E-state index contributed by atoms with van der Waals surface area (Å²) < 4.78 is 147. The van der Waals surface area contributed by atoms with E-state index < -0.39 is 66.6 Å². The minimum atomic E-state index is -4.99. The van der Waals surface area contributed by atoms with Crippen LogP contribution in [0.2, 0.25) is 0 Å². The van der Waals surface area contributed by atoms with Crippen LogP contribution >= 0.6 is 23.5 Å². The van der Waals surface area contributed by atoms with E-state index in [-0.39, 0.29) is 23.0 Å². The maximum Gasteiger partial charge on any atom is 0.437 e. The fraction of sp³-hybridized carbons (Fsp3) is 0.440. The summed E-state index contributed by atoms with van der Waals surface area (Å²) in [5.41, 5.74) is -3.90. The quantitative estimate of drug-likeness (QED) is 0.0842. The fourth-order valence-corrected chi connectivity index (χ4v) is 7.47. The van der Waals surface area contributed by atoms with E-state index in [0.717, 1.165) is 24.3 Å². The van der Waals surface area contributed by atoms with Gasteiger partial charge in [0, 0.05) is 22.6 Å². The Hall–Kier alpha value is -2.84. The highest BCUT2D eigenvalue weighted by Crippen LogP contribution is 2.26. The van der Waals surface area contributed by atoms with Crippen LogP contribution in [-0.4, -0.2) is 89.3 Å². The molecule has 0 radical (unpaired) electrons. The molecule has 0 unspecified atom stereocenters. The number of oxime groups is 2. The van der Waals surface area contributed by atoms with Crippen LogP contribution in [0.5, 0.6) is 11.5 Å². The van der Waals surface area contributed by atoms with Crippen molar-refractivity contribution in [3.05, 3.63) is 59.7 Å². The maximum absolute atomic E-state index is 13.4. The topological polar surface area (TPSA) is 130 Å². The van der Waals surface area contributed by atoms with Gasteiger partial charge in [-0.05, 0) is 66.5 Å².